The van der Waals surface area contributed by atoms with E-state index in [0.29, 0.717) is 86.3 Å². The van der Waals surface area contributed by atoms with Crippen molar-refractivity contribution in [1.29, 1.82) is 0 Å². The molecule has 3 fully saturated rings. The minimum atomic E-state index is -1.11. The van der Waals surface area contributed by atoms with Crippen LogP contribution in [0, 0.1) is 0 Å². The Morgan fingerprint density at radius 3 is 2.39 bits per heavy atom. The maximum atomic E-state index is 13.5. The van der Waals surface area contributed by atoms with E-state index in [-0.39, 0.29) is 54.0 Å². The summed E-state index contributed by atoms with van der Waals surface area (Å²) in [6.07, 6.45) is 4.79. The highest BCUT2D eigenvalue weighted by Crippen LogP contribution is 2.43. The number of carbonyl (C=O) groups excluding carboxylic acids is 2. The Morgan fingerprint density at radius 1 is 1.02 bits per heavy atom. The third-order valence-electron chi connectivity index (χ3n) is 11.2. The molecule has 1 spiro atoms. The number of amides is 3. The topological polar surface area (TPSA) is 172 Å². The lowest BCUT2D eigenvalue weighted by atomic mass is 9.72. The van der Waals surface area contributed by atoms with Gasteiger partial charge in [-0.15, -0.1) is 0 Å². The third-order valence-corrected chi connectivity index (χ3v) is 12.0. The minimum absolute atomic E-state index is 0.0200. The van der Waals surface area contributed by atoms with Crippen molar-refractivity contribution in [3.63, 3.8) is 0 Å². The normalized spacial score (nSPS) is 20.3. The first-order valence-corrected chi connectivity index (χ1v) is 19.2. The number of fused-ring (bicyclic) bond motifs is 1. The van der Waals surface area contributed by atoms with E-state index >= 15 is 0 Å². The number of hydrogen-bond donors (Lipinski definition) is 4. The number of nitrogens with one attached hydrogen (secondary N) is 3. The molecule has 2 aliphatic heterocycles. The zero-order valence-corrected chi connectivity index (χ0v) is 32.3. The molecule has 4 N–H and O–H groups in total. The molecule has 16 heteroatoms. The van der Waals surface area contributed by atoms with Crippen LogP contribution in [0.2, 0.25) is 10.0 Å². The van der Waals surface area contributed by atoms with Crippen molar-refractivity contribution in [1.82, 2.24) is 40.0 Å². The number of hydrogen-bond acceptors (Lipinski definition) is 8. The second-order valence-corrected chi connectivity index (χ2v) is 15.6. The molecule has 0 bridgehead atoms. The van der Waals surface area contributed by atoms with Gasteiger partial charge in [-0.1, -0.05) is 59.6 Å². The van der Waals surface area contributed by atoms with Crippen molar-refractivity contribution in [2.24, 2.45) is 7.05 Å². The van der Waals surface area contributed by atoms with Gasteiger partial charge in [0.15, 0.2) is 0 Å². The van der Waals surface area contributed by atoms with E-state index in [2.05, 4.69) is 16.0 Å². The average Bonchev–Trinajstić information content (AvgIpc) is 3.90. The molecular formula is C40H40Cl2N8O6. The second-order valence-electron chi connectivity index (χ2n) is 14.8. The number of ether oxygens (including phenoxy) is 1. The number of carboxylic acid groups (broad SMARTS) is 1. The van der Waals surface area contributed by atoms with Gasteiger partial charge >= 0.3 is 6.09 Å². The van der Waals surface area contributed by atoms with Crippen LogP contribution in [0.1, 0.15) is 49.9 Å². The highest BCUT2D eigenvalue weighted by atomic mass is 35.5. The molecule has 2 saturated heterocycles. The van der Waals surface area contributed by atoms with Gasteiger partial charge < -0.3 is 30.7 Å². The van der Waals surface area contributed by atoms with Gasteiger partial charge in [-0.25, -0.2) is 14.3 Å². The zero-order valence-electron chi connectivity index (χ0n) is 30.8. The molecule has 290 valence electrons. The fraction of sp³-hybridized carbons (Fsp3) is 0.350. The Morgan fingerprint density at radius 2 is 1.73 bits per heavy atom. The Bertz CT molecular complexity index is 2460. The van der Waals surface area contributed by atoms with Crippen LogP contribution < -0.4 is 26.2 Å². The van der Waals surface area contributed by atoms with Crippen molar-refractivity contribution in [2.45, 2.75) is 69.2 Å². The lowest BCUT2D eigenvalue weighted by molar-refractivity contribution is -0.120. The number of aromatic nitrogens is 4. The van der Waals surface area contributed by atoms with E-state index in [1.165, 1.54) is 12.0 Å². The standard InChI is InChI=1S/C40H40Cl2N8O6/c1-48-32(18-43-25-16-40(17-25)14-13-34(52)46-40)47-50-20-23(15-31(50)38(48)53)26-5-3-6-27(35(26)41)28-7-4-8-29(36(28)42)30-11-9-22(37(45-30)56-2)19-49(39(54)55)21-24-10-12-33(51)44-24/h3-9,11,15,20,24-25,43H,10,12-14,16-19,21H2,1-2H3,(H,44,51)(H,46,52)(H,54,55)/t24-,25?,40?/m0/s1. The zero-order chi connectivity index (χ0) is 39.3. The van der Waals surface area contributed by atoms with Crippen LogP contribution in [0.25, 0.3) is 39.0 Å². The summed E-state index contributed by atoms with van der Waals surface area (Å²) in [6.45, 7) is 0.572. The minimum Gasteiger partial charge on any atom is -0.481 e. The number of halogens is 2. The highest BCUT2D eigenvalue weighted by Gasteiger charge is 2.48. The van der Waals surface area contributed by atoms with E-state index in [1.807, 2.05) is 36.4 Å². The highest BCUT2D eigenvalue weighted by molar-refractivity contribution is 6.39. The quantitative estimate of drug-likeness (QED) is 0.137. The second kappa shape index (κ2) is 14.9. The molecule has 2 aromatic carbocycles. The van der Waals surface area contributed by atoms with E-state index in [0.717, 1.165) is 19.3 Å². The van der Waals surface area contributed by atoms with Gasteiger partial charge in [-0.2, -0.15) is 5.10 Å². The lowest BCUT2D eigenvalue weighted by Gasteiger charge is -2.45. The molecule has 5 aromatic rings. The molecule has 14 nitrogen and oxygen atoms in total. The van der Waals surface area contributed by atoms with Crippen LogP contribution in [-0.2, 0) is 29.7 Å². The van der Waals surface area contributed by atoms with Gasteiger partial charge in [0, 0.05) is 83.6 Å². The first kappa shape index (κ1) is 37.5. The first-order chi connectivity index (χ1) is 26.9. The lowest BCUT2D eigenvalue weighted by Crippen LogP contribution is -2.59. The molecule has 1 aliphatic carbocycles. The maximum Gasteiger partial charge on any atom is 0.407 e. The number of benzene rings is 2. The monoisotopic (exact) mass is 798 g/mol. The molecule has 5 heterocycles. The summed E-state index contributed by atoms with van der Waals surface area (Å²) in [4.78, 5) is 54.9. The molecule has 3 aromatic heterocycles. The van der Waals surface area contributed by atoms with Crippen LogP contribution in [-0.4, -0.2) is 78.4 Å². The van der Waals surface area contributed by atoms with Gasteiger partial charge in [0.25, 0.3) is 5.56 Å². The predicted octanol–water partition coefficient (Wildman–Crippen LogP) is 5.40. The van der Waals surface area contributed by atoms with Gasteiger partial charge in [-0.05, 0) is 43.9 Å². The van der Waals surface area contributed by atoms with Crippen molar-refractivity contribution >= 4 is 46.6 Å². The van der Waals surface area contributed by atoms with Crippen molar-refractivity contribution in [2.75, 3.05) is 13.7 Å². The van der Waals surface area contributed by atoms with E-state index in [9.17, 15) is 24.3 Å². The Kier molecular flexibility index (Phi) is 9.97. The molecule has 1 atom stereocenters. The molecule has 3 aliphatic rings. The average molecular weight is 800 g/mol. The Balaban J connectivity index is 1.03. The molecular weight excluding hydrogens is 759 g/mol. The summed E-state index contributed by atoms with van der Waals surface area (Å²) < 4.78 is 8.75. The SMILES string of the molecule is COc1nc(-c2cccc(-c3cccc(-c4cc5c(=O)n(C)c(CNC6CC7(CCC(=O)N7)C6)nn5c4)c3Cl)c2Cl)ccc1CN(C[C@@H]1CCC(=O)N1)C(=O)O. The van der Waals surface area contributed by atoms with Crippen molar-refractivity contribution < 1.29 is 24.2 Å². The predicted molar refractivity (Wildman–Crippen MR) is 211 cm³/mol. The molecule has 56 heavy (non-hydrogen) atoms. The summed E-state index contributed by atoms with van der Waals surface area (Å²) in [7, 11) is 3.18. The van der Waals surface area contributed by atoms with E-state index in [4.69, 9.17) is 38.0 Å². The van der Waals surface area contributed by atoms with Crippen LogP contribution >= 0.6 is 23.2 Å². The van der Waals surface area contributed by atoms with Gasteiger partial charge in [-0.3, -0.25) is 19.0 Å². The fourth-order valence-corrected chi connectivity index (χ4v) is 8.79. The third kappa shape index (κ3) is 7.08. The molecule has 0 unspecified atom stereocenters. The number of rotatable bonds is 11. The van der Waals surface area contributed by atoms with Gasteiger partial charge in [0.05, 0.1) is 35.9 Å². The molecule has 0 radical (unpaired) electrons. The van der Waals surface area contributed by atoms with Crippen molar-refractivity contribution in [3.05, 3.63) is 92.6 Å². The molecule has 3 amide bonds. The number of pyridine rings is 1. The van der Waals surface area contributed by atoms with Gasteiger partial charge in [0.1, 0.15) is 11.3 Å². The molecule has 8 rings (SSSR count). The number of methoxy groups -OCH3 is 1. The largest absolute Gasteiger partial charge is 0.481 e. The maximum absolute atomic E-state index is 13.5. The Hall–Kier alpha value is -5.44. The van der Waals surface area contributed by atoms with Crippen LogP contribution in [0.4, 0.5) is 4.79 Å². The van der Waals surface area contributed by atoms with Gasteiger partial charge in [0.2, 0.25) is 17.7 Å². The summed E-state index contributed by atoms with van der Waals surface area (Å²) in [5, 5.41) is 24.9. The molecule has 1 saturated carbocycles. The van der Waals surface area contributed by atoms with Crippen LogP contribution in [0.15, 0.2) is 65.6 Å². The summed E-state index contributed by atoms with van der Waals surface area (Å²) in [5.41, 5.74) is 4.57. The smallest absolute Gasteiger partial charge is 0.407 e. The summed E-state index contributed by atoms with van der Waals surface area (Å²) in [6, 6.07) is 16.5. The van der Waals surface area contributed by atoms with E-state index in [1.54, 1.807) is 40.5 Å². The Labute approximate surface area is 331 Å². The number of nitrogens with zero attached hydrogens (tertiary/aromatic N) is 5. The van der Waals surface area contributed by atoms with Crippen molar-refractivity contribution in [3.8, 4) is 39.4 Å². The fourth-order valence-electron chi connectivity index (χ4n) is 8.13. The van der Waals surface area contributed by atoms with Crippen LogP contribution in [0.5, 0.6) is 5.88 Å². The summed E-state index contributed by atoms with van der Waals surface area (Å²) in [5.74, 6) is 0.863. The summed E-state index contributed by atoms with van der Waals surface area (Å²) >= 11 is 14.2. The number of carbonyl (C=O) groups is 3. The first-order valence-electron chi connectivity index (χ1n) is 18.4. The van der Waals surface area contributed by atoms with E-state index < -0.39 is 6.09 Å². The van der Waals surface area contributed by atoms with Crippen LogP contribution in [0.3, 0.4) is 0 Å².